The van der Waals surface area contributed by atoms with E-state index in [0.29, 0.717) is 0 Å². The van der Waals surface area contributed by atoms with E-state index in [1.54, 1.807) is 0 Å². The number of aryl methyl sites for hydroxylation is 1. The molecule has 2 rings (SSSR count). The zero-order valence-corrected chi connectivity index (χ0v) is 7.17. The summed E-state index contributed by atoms with van der Waals surface area (Å²) >= 11 is 7.52. The van der Waals surface area contributed by atoms with E-state index in [9.17, 15) is 0 Å². The van der Waals surface area contributed by atoms with Crippen LogP contribution in [0.4, 0.5) is 0 Å². The Bertz CT molecular complexity index is 254. The minimum Gasteiger partial charge on any atom is -0.223 e. The molecule has 1 saturated carbocycles. The third-order valence-corrected chi connectivity index (χ3v) is 3.28. The monoisotopic (exact) mass is 174 g/mol. The molecule has 2 nitrogen and oxygen atoms in total. The number of alkyl halides is 1. The van der Waals surface area contributed by atoms with Gasteiger partial charge in [0.05, 0.1) is 4.87 Å². The van der Waals surface area contributed by atoms with Crippen LogP contribution in [0, 0.1) is 6.92 Å². The Morgan fingerprint density at radius 3 is 2.70 bits per heavy atom. The van der Waals surface area contributed by atoms with Crippen LogP contribution < -0.4 is 0 Å². The summed E-state index contributed by atoms with van der Waals surface area (Å²) in [6.07, 6.45) is 2.12. The van der Waals surface area contributed by atoms with Gasteiger partial charge in [-0.15, -0.1) is 11.6 Å². The largest absolute Gasteiger partial charge is 0.223 e. The number of rotatable bonds is 1. The zero-order chi connectivity index (χ0) is 7.19. The lowest BCUT2D eigenvalue weighted by molar-refractivity contribution is 0.963. The highest BCUT2D eigenvalue weighted by atomic mass is 35.5. The van der Waals surface area contributed by atoms with Crippen molar-refractivity contribution in [3.63, 3.8) is 0 Å². The second-order valence-corrected chi connectivity index (χ2v) is 4.09. The first-order valence-corrected chi connectivity index (χ1v) is 4.35. The van der Waals surface area contributed by atoms with Crippen molar-refractivity contribution in [2.75, 3.05) is 0 Å². The van der Waals surface area contributed by atoms with Crippen LogP contribution in [0.25, 0.3) is 0 Å². The summed E-state index contributed by atoms with van der Waals surface area (Å²) in [5, 5.41) is 0.992. The highest BCUT2D eigenvalue weighted by Gasteiger charge is 2.45. The number of nitrogens with zero attached hydrogens (tertiary/aromatic N) is 2. The molecule has 0 aromatic carbocycles. The number of hydrogen-bond donors (Lipinski definition) is 0. The number of aromatic nitrogens is 2. The molecule has 0 aliphatic heterocycles. The highest BCUT2D eigenvalue weighted by Crippen LogP contribution is 2.52. The molecule has 0 radical (unpaired) electrons. The minimum absolute atomic E-state index is 0.119. The van der Waals surface area contributed by atoms with Gasteiger partial charge in [-0.1, -0.05) is 0 Å². The molecule has 0 bridgehead atoms. The molecule has 1 fully saturated rings. The summed E-state index contributed by atoms with van der Waals surface area (Å²) in [4.78, 5) is 4.10. The highest BCUT2D eigenvalue weighted by molar-refractivity contribution is 7.06. The van der Waals surface area contributed by atoms with Crippen molar-refractivity contribution in [2.24, 2.45) is 0 Å². The molecule has 0 spiro atoms. The zero-order valence-electron chi connectivity index (χ0n) is 5.59. The lowest BCUT2D eigenvalue weighted by Gasteiger charge is -1.95. The van der Waals surface area contributed by atoms with Crippen molar-refractivity contribution < 1.29 is 0 Å². The summed E-state index contributed by atoms with van der Waals surface area (Å²) < 4.78 is 4.07. The second kappa shape index (κ2) is 1.92. The van der Waals surface area contributed by atoms with Gasteiger partial charge in [0.25, 0.3) is 0 Å². The van der Waals surface area contributed by atoms with Crippen LogP contribution in [-0.4, -0.2) is 9.36 Å². The third-order valence-electron chi connectivity index (χ3n) is 1.60. The van der Waals surface area contributed by atoms with Crippen LogP contribution in [0.5, 0.6) is 0 Å². The quantitative estimate of drug-likeness (QED) is 0.610. The molecule has 1 aliphatic rings. The number of hydrogen-bond acceptors (Lipinski definition) is 3. The summed E-state index contributed by atoms with van der Waals surface area (Å²) in [7, 11) is 0. The van der Waals surface area contributed by atoms with E-state index < -0.39 is 0 Å². The van der Waals surface area contributed by atoms with Gasteiger partial charge in [0, 0.05) is 0 Å². The van der Waals surface area contributed by atoms with Crippen molar-refractivity contribution >= 4 is 23.1 Å². The molecule has 0 atom stereocenters. The van der Waals surface area contributed by atoms with E-state index in [1.807, 2.05) is 6.92 Å². The summed E-state index contributed by atoms with van der Waals surface area (Å²) in [5.74, 6) is 0.840. The van der Waals surface area contributed by atoms with Crippen molar-refractivity contribution in [1.29, 1.82) is 0 Å². The van der Waals surface area contributed by atoms with E-state index >= 15 is 0 Å². The maximum absolute atomic E-state index is 6.09. The van der Waals surface area contributed by atoms with Gasteiger partial charge in [0.1, 0.15) is 10.8 Å². The Hall–Kier alpha value is -0.150. The molecule has 0 N–H and O–H groups in total. The van der Waals surface area contributed by atoms with Gasteiger partial charge in [0.15, 0.2) is 0 Å². The molecule has 0 unspecified atom stereocenters. The fourth-order valence-corrected chi connectivity index (χ4v) is 1.84. The molecular weight excluding hydrogens is 168 g/mol. The predicted molar refractivity (Wildman–Crippen MR) is 41.4 cm³/mol. The molecule has 10 heavy (non-hydrogen) atoms. The fraction of sp³-hybridized carbons (Fsp3) is 0.667. The summed E-state index contributed by atoms with van der Waals surface area (Å²) in [5.41, 5.74) is 0. The standard InChI is InChI=1S/C6H7ClN2S/c1-4-8-5(10-9-4)6(7)2-3-6/h2-3H2,1H3. The average Bonchev–Trinajstić information content (AvgIpc) is 2.45. The molecule has 1 aromatic heterocycles. The molecule has 4 heteroatoms. The SMILES string of the molecule is Cc1nsc(C2(Cl)CC2)n1. The number of halogens is 1. The molecular formula is C6H7ClN2S. The third kappa shape index (κ3) is 0.935. The first kappa shape index (κ1) is 6.55. The van der Waals surface area contributed by atoms with Crippen molar-refractivity contribution in [3.05, 3.63) is 10.8 Å². The van der Waals surface area contributed by atoms with Crippen LogP contribution in [-0.2, 0) is 4.87 Å². The Kier molecular flexibility index (Phi) is 1.26. The maximum Gasteiger partial charge on any atom is 0.139 e. The van der Waals surface area contributed by atoms with Crippen molar-refractivity contribution in [3.8, 4) is 0 Å². The van der Waals surface area contributed by atoms with Crippen LogP contribution in [0.15, 0.2) is 0 Å². The molecule has 1 heterocycles. The first-order chi connectivity index (χ1) is 4.71. The van der Waals surface area contributed by atoms with Gasteiger partial charge >= 0.3 is 0 Å². The van der Waals surface area contributed by atoms with Gasteiger partial charge in [-0.3, -0.25) is 0 Å². The van der Waals surface area contributed by atoms with Crippen LogP contribution in [0.3, 0.4) is 0 Å². The lowest BCUT2D eigenvalue weighted by atomic mass is 10.4. The van der Waals surface area contributed by atoms with E-state index in [0.717, 1.165) is 23.7 Å². The van der Waals surface area contributed by atoms with Gasteiger partial charge < -0.3 is 0 Å². The minimum atomic E-state index is -0.119. The Morgan fingerprint density at radius 2 is 2.30 bits per heavy atom. The summed E-state index contributed by atoms with van der Waals surface area (Å²) in [6.45, 7) is 1.89. The molecule has 0 saturated heterocycles. The first-order valence-electron chi connectivity index (χ1n) is 3.20. The molecule has 1 aliphatic carbocycles. The van der Waals surface area contributed by atoms with Crippen LogP contribution in [0.2, 0.25) is 0 Å². The van der Waals surface area contributed by atoms with Crippen LogP contribution >= 0.6 is 23.1 Å². The predicted octanol–water partition coefficient (Wildman–Crippen LogP) is 2.07. The van der Waals surface area contributed by atoms with Gasteiger partial charge in [-0.25, -0.2) is 4.98 Å². The smallest absolute Gasteiger partial charge is 0.139 e. The van der Waals surface area contributed by atoms with E-state index in [2.05, 4.69) is 9.36 Å². The normalized spacial score (nSPS) is 21.0. The van der Waals surface area contributed by atoms with Gasteiger partial charge in [-0.2, -0.15) is 4.37 Å². The average molecular weight is 175 g/mol. The summed E-state index contributed by atoms with van der Waals surface area (Å²) in [6, 6.07) is 0. The second-order valence-electron chi connectivity index (χ2n) is 2.61. The molecule has 0 amide bonds. The molecule has 1 aromatic rings. The van der Waals surface area contributed by atoms with Crippen LogP contribution in [0.1, 0.15) is 23.7 Å². The van der Waals surface area contributed by atoms with Crippen molar-refractivity contribution in [1.82, 2.24) is 9.36 Å². The fourth-order valence-electron chi connectivity index (χ4n) is 0.803. The van der Waals surface area contributed by atoms with Gasteiger partial charge in [0.2, 0.25) is 0 Å². The Morgan fingerprint density at radius 1 is 1.60 bits per heavy atom. The van der Waals surface area contributed by atoms with E-state index in [-0.39, 0.29) is 4.87 Å². The van der Waals surface area contributed by atoms with E-state index in [1.165, 1.54) is 11.5 Å². The Balaban J connectivity index is 2.34. The Labute approximate surface area is 68.4 Å². The van der Waals surface area contributed by atoms with E-state index in [4.69, 9.17) is 11.6 Å². The maximum atomic E-state index is 6.09. The van der Waals surface area contributed by atoms with Gasteiger partial charge in [-0.05, 0) is 31.3 Å². The molecule has 54 valence electrons. The van der Waals surface area contributed by atoms with Crippen molar-refractivity contribution in [2.45, 2.75) is 24.6 Å². The lowest BCUT2D eigenvalue weighted by Crippen LogP contribution is -1.93. The topological polar surface area (TPSA) is 25.8 Å².